The summed E-state index contributed by atoms with van der Waals surface area (Å²) in [6.07, 6.45) is 1.58. The number of nitrogens with zero attached hydrogens (tertiary/aromatic N) is 1. The molecule has 1 aliphatic carbocycles. The van der Waals surface area contributed by atoms with E-state index in [1.165, 1.54) is 0 Å². The first kappa shape index (κ1) is 11.2. The zero-order chi connectivity index (χ0) is 10.8. The first-order chi connectivity index (χ1) is 7.16. The van der Waals surface area contributed by atoms with Gasteiger partial charge in [-0.15, -0.1) is 11.8 Å². The molecular formula is C10H18N2O2S. The molecule has 1 amide bonds. The molecule has 2 fully saturated rings. The van der Waals surface area contributed by atoms with E-state index in [1.807, 2.05) is 7.05 Å². The fourth-order valence-electron chi connectivity index (χ4n) is 2.15. The minimum atomic E-state index is -0.126. The summed E-state index contributed by atoms with van der Waals surface area (Å²) in [5.41, 5.74) is 0. The van der Waals surface area contributed by atoms with Crippen molar-refractivity contribution in [3.05, 3.63) is 0 Å². The van der Waals surface area contributed by atoms with Crippen molar-refractivity contribution in [1.82, 2.24) is 10.2 Å². The lowest BCUT2D eigenvalue weighted by Gasteiger charge is -2.35. The number of rotatable bonds is 3. The molecule has 15 heavy (non-hydrogen) atoms. The molecule has 0 radical (unpaired) electrons. The topological polar surface area (TPSA) is 52.6 Å². The van der Waals surface area contributed by atoms with E-state index in [1.54, 1.807) is 16.7 Å². The van der Waals surface area contributed by atoms with E-state index in [9.17, 15) is 4.79 Å². The predicted molar refractivity (Wildman–Crippen MR) is 60.6 cm³/mol. The van der Waals surface area contributed by atoms with E-state index in [0.717, 1.165) is 31.0 Å². The summed E-state index contributed by atoms with van der Waals surface area (Å²) in [6, 6.07) is 0.00463. The third-order valence-electron chi connectivity index (χ3n) is 3.13. The maximum Gasteiger partial charge on any atom is 0.240 e. The Morgan fingerprint density at radius 2 is 2.33 bits per heavy atom. The fourth-order valence-corrected chi connectivity index (χ4v) is 3.08. The van der Waals surface area contributed by atoms with Gasteiger partial charge in [-0.1, -0.05) is 0 Å². The van der Waals surface area contributed by atoms with Crippen LogP contribution >= 0.6 is 11.8 Å². The Balaban J connectivity index is 1.74. The van der Waals surface area contributed by atoms with Crippen LogP contribution in [0.25, 0.3) is 0 Å². The number of aliphatic hydroxyl groups is 1. The van der Waals surface area contributed by atoms with Gasteiger partial charge < -0.3 is 10.0 Å². The SMILES string of the molecule is CN(CC1CC(O)C1)C(=O)C1CSCN1. The molecule has 1 unspecified atom stereocenters. The Kier molecular flexibility index (Phi) is 3.53. The van der Waals surface area contributed by atoms with Gasteiger partial charge in [-0.05, 0) is 18.8 Å². The Morgan fingerprint density at radius 1 is 1.60 bits per heavy atom. The predicted octanol–water partition coefficient (Wildman–Crippen LogP) is -0.122. The molecule has 2 N–H and O–H groups in total. The van der Waals surface area contributed by atoms with Gasteiger partial charge in [-0.3, -0.25) is 10.1 Å². The van der Waals surface area contributed by atoms with Crippen molar-refractivity contribution in [1.29, 1.82) is 0 Å². The van der Waals surface area contributed by atoms with E-state index in [0.29, 0.717) is 5.92 Å². The number of carbonyl (C=O) groups excluding carboxylic acids is 1. The van der Waals surface area contributed by atoms with Crippen molar-refractivity contribution >= 4 is 17.7 Å². The van der Waals surface area contributed by atoms with Gasteiger partial charge in [0.25, 0.3) is 0 Å². The molecule has 0 aromatic carbocycles. The fraction of sp³-hybridized carbons (Fsp3) is 0.900. The number of carbonyl (C=O) groups is 1. The molecule has 2 aliphatic rings. The van der Waals surface area contributed by atoms with Gasteiger partial charge >= 0.3 is 0 Å². The lowest BCUT2D eigenvalue weighted by atomic mass is 9.82. The quantitative estimate of drug-likeness (QED) is 0.709. The summed E-state index contributed by atoms with van der Waals surface area (Å²) >= 11 is 1.77. The zero-order valence-corrected chi connectivity index (χ0v) is 9.80. The lowest BCUT2D eigenvalue weighted by Crippen LogP contribution is -2.46. The second-order valence-corrected chi connectivity index (χ2v) is 5.51. The van der Waals surface area contributed by atoms with E-state index in [-0.39, 0.29) is 18.1 Å². The Hall–Kier alpha value is -0.260. The van der Waals surface area contributed by atoms with Crippen LogP contribution in [0.2, 0.25) is 0 Å². The van der Waals surface area contributed by atoms with Gasteiger partial charge in [0.2, 0.25) is 5.91 Å². The average molecular weight is 230 g/mol. The average Bonchev–Trinajstić information content (AvgIpc) is 2.66. The molecule has 5 heteroatoms. The maximum atomic E-state index is 11.9. The lowest BCUT2D eigenvalue weighted by molar-refractivity contribution is -0.132. The number of amides is 1. The van der Waals surface area contributed by atoms with Gasteiger partial charge in [0, 0.05) is 25.2 Å². The Morgan fingerprint density at radius 3 is 2.87 bits per heavy atom. The van der Waals surface area contributed by atoms with E-state index in [2.05, 4.69) is 5.32 Å². The highest BCUT2D eigenvalue weighted by molar-refractivity contribution is 7.99. The highest BCUT2D eigenvalue weighted by Gasteiger charge is 2.31. The summed E-state index contributed by atoms with van der Waals surface area (Å²) in [5, 5.41) is 12.3. The highest BCUT2D eigenvalue weighted by Crippen LogP contribution is 2.27. The molecular weight excluding hydrogens is 212 g/mol. The van der Waals surface area contributed by atoms with E-state index in [4.69, 9.17) is 5.11 Å². The van der Waals surface area contributed by atoms with Crippen LogP contribution in [0.5, 0.6) is 0 Å². The second-order valence-electron chi connectivity index (χ2n) is 4.48. The maximum absolute atomic E-state index is 11.9. The third kappa shape index (κ3) is 2.65. The van der Waals surface area contributed by atoms with Crippen molar-refractivity contribution in [2.45, 2.75) is 25.0 Å². The zero-order valence-electron chi connectivity index (χ0n) is 8.98. The van der Waals surface area contributed by atoms with Gasteiger partial charge in [0.1, 0.15) is 0 Å². The number of nitrogens with one attached hydrogen (secondary N) is 1. The largest absolute Gasteiger partial charge is 0.393 e. The summed E-state index contributed by atoms with van der Waals surface area (Å²) in [6.45, 7) is 0.790. The van der Waals surface area contributed by atoms with Crippen molar-refractivity contribution in [2.24, 2.45) is 5.92 Å². The van der Waals surface area contributed by atoms with E-state index < -0.39 is 0 Å². The van der Waals surface area contributed by atoms with Crippen molar-refractivity contribution in [3.8, 4) is 0 Å². The number of hydrogen-bond donors (Lipinski definition) is 2. The molecule has 0 bridgehead atoms. The molecule has 1 atom stereocenters. The number of hydrogen-bond acceptors (Lipinski definition) is 4. The number of aliphatic hydroxyl groups excluding tert-OH is 1. The molecule has 1 heterocycles. The van der Waals surface area contributed by atoms with Crippen LogP contribution in [0, 0.1) is 5.92 Å². The minimum absolute atomic E-state index is 0.00463. The van der Waals surface area contributed by atoms with Crippen LogP contribution in [0.4, 0.5) is 0 Å². The molecule has 4 nitrogen and oxygen atoms in total. The van der Waals surface area contributed by atoms with Crippen LogP contribution in [-0.2, 0) is 4.79 Å². The van der Waals surface area contributed by atoms with Crippen LogP contribution in [0.1, 0.15) is 12.8 Å². The molecule has 1 saturated heterocycles. The summed E-state index contributed by atoms with van der Waals surface area (Å²) in [4.78, 5) is 13.7. The van der Waals surface area contributed by atoms with Gasteiger partial charge in [-0.2, -0.15) is 0 Å². The van der Waals surface area contributed by atoms with Crippen LogP contribution < -0.4 is 5.32 Å². The number of likely N-dealkylation sites (N-methyl/N-ethyl adjacent to an activating group) is 1. The summed E-state index contributed by atoms with van der Waals surface area (Å²) in [5.74, 6) is 2.47. The molecule has 1 aliphatic heterocycles. The van der Waals surface area contributed by atoms with Crippen molar-refractivity contribution in [3.63, 3.8) is 0 Å². The number of thioether (sulfide) groups is 1. The van der Waals surface area contributed by atoms with Crippen LogP contribution in [0.3, 0.4) is 0 Å². The Labute approximate surface area is 94.4 Å². The van der Waals surface area contributed by atoms with Gasteiger partial charge in [-0.25, -0.2) is 0 Å². The van der Waals surface area contributed by atoms with E-state index >= 15 is 0 Å². The normalized spacial score (nSPS) is 34.9. The first-order valence-electron chi connectivity index (χ1n) is 5.41. The summed E-state index contributed by atoms with van der Waals surface area (Å²) < 4.78 is 0. The van der Waals surface area contributed by atoms with Crippen LogP contribution in [-0.4, -0.2) is 53.3 Å². The smallest absolute Gasteiger partial charge is 0.240 e. The second kappa shape index (κ2) is 4.72. The van der Waals surface area contributed by atoms with Crippen molar-refractivity contribution in [2.75, 3.05) is 25.2 Å². The summed E-state index contributed by atoms with van der Waals surface area (Å²) in [7, 11) is 1.86. The monoisotopic (exact) mass is 230 g/mol. The minimum Gasteiger partial charge on any atom is -0.393 e. The third-order valence-corrected chi connectivity index (χ3v) is 4.07. The van der Waals surface area contributed by atoms with Crippen LogP contribution in [0.15, 0.2) is 0 Å². The molecule has 0 aromatic rings. The molecule has 86 valence electrons. The highest BCUT2D eigenvalue weighted by atomic mass is 32.2. The van der Waals surface area contributed by atoms with Gasteiger partial charge in [0.05, 0.1) is 12.1 Å². The molecule has 0 aromatic heterocycles. The molecule has 1 saturated carbocycles. The first-order valence-corrected chi connectivity index (χ1v) is 6.56. The molecule has 2 rings (SSSR count). The standard InChI is InChI=1S/C10H18N2O2S/c1-12(4-7-2-8(13)3-7)10(14)9-5-15-6-11-9/h7-9,11,13H,2-6H2,1H3. The van der Waals surface area contributed by atoms with Gasteiger partial charge in [0.15, 0.2) is 0 Å². The molecule has 0 spiro atoms. The van der Waals surface area contributed by atoms with Crippen molar-refractivity contribution < 1.29 is 9.90 Å². The Bertz CT molecular complexity index is 238.